The Hall–Kier alpha value is -3.16. The van der Waals surface area contributed by atoms with Gasteiger partial charge in [0.15, 0.2) is 0 Å². The van der Waals surface area contributed by atoms with Crippen LogP contribution in [0.4, 0.5) is 24.7 Å². The summed E-state index contributed by atoms with van der Waals surface area (Å²) in [5.41, 5.74) is 0.293. The molecule has 0 aliphatic carbocycles. The third-order valence-corrected chi connectivity index (χ3v) is 3.22. The Kier molecular flexibility index (Phi) is 3.80. The number of carboxylic acids is 1. The van der Waals surface area contributed by atoms with Gasteiger partial charge in [0.2, 0.25) is 5.82 Å². The van der Waals surface area contributed by atoms with Crippen LogP contribution in [0.1, 0.15) is 16.2 Å². The summed E-state index contributed by atoms with van der Waals surface area (Å²) >= 11 is 0. The molecular formula is C16H9F3N3O2-. The number of rotatable bonds is 3. The first-order valence-corrected chi connectivity index (χ1v) is 6.77. The molecule has 0 aliphatic rings. The number of carboxylic acid groups (broad SMARTS) is 1. The number of para-hydroxylation sites is 1. The van der Waals surface area contributed by atoms with E-state index in [1.807, 2.05) is 0 Å². The molecule has 3 aromatic rings. The van der Waals surface area contributed by atoms with Gasteiger partial charge in [-0.2, -0.15) is 13.2 Å². The van der Waals surface area contributed by atoms with Crippen LogP contribution in [0.3, 0.4) is 0 Å². The molecule has 1 heterocycles. The number of benzene rings is 2. The molecule has 0 amide bonds. The SMILES string of the molecule is O=C([O-])c1cccc(Nc2nc(C(F)(F)F)nc3ccccc23)c1. The molecule has 1 N–H and O–H groups in total. The highest BCUT2D eigenvalue weighted by Gasteiger charge is 2.35. The average Bonchev–Trinajstić information content (AvgIpc) is 2.54. The molecular weight excluding hydrogens is 323 g/mol. The topological polar surface area (TPSA) is 77.9 Å². The first kappa shape index (κ1) is 15.7. The smallest absolute Gasteiger partial charge is 0.451 e. The molecule has 0 saturated carbocycles. The van der Waals surface area contributed by atoms with Crippen molar-refractivity contribution in [3.63, 3.8) is 0 Å². The summed E-state index contributed by atoms with van der Waals surface area (Å²) in [6.07, 6.45) is -4.70. The van der Waals surface area contributed by atoms with Crippen molar-refractivity contribution in [3.05, 3.63) is 59.9 Å². The third-order valence-electron chi connectivity index (χ3n) is 3.22. The Balaban J connectivity index is 2.11. The van der Waals surface area contributed by atoms with E-state index in [2.05, 4.69) is 15.3 Å². The first-order chi connectivity index (χ1) is 11.3. The molecule has 0 saturated heterocycles. The Labute approximate surface area is 133 Å². The largest absolute Gasteiger partial charge is 0.545 e. The summed E-state index contributed by atoms with van der Waals surface area (Å²) in [6, 6.07) is 11.7. The molecule has 0 fully saturated rings. The van der Waals surface area contributed by atoms with Crippen molar-refractivity contribution in [3.8, 4) is 0 Å². The lowest BCUT2D eigenvalue weighted by Crippen LogP contribution is -2.22. The van der Waals surface area contributed by atoms with Crippen molar-refractivity contribution < 1.29 is 23.1 Å². The zero-order chi connectivity index (χ0) is 17.3. The average molecular weight is 332 g/mol. The number of nitrogens with zero attached hydrogens (tertiary/aromatic N) is 2. The summed E-state index contributed by atoms with van der Waals surface area (Å²) in [4.78, 5) is 17.9. The van der Waals surface area contributed by atoms with Gasteiger partial charge < -0.3 is 15.2 Å². The Morgan fingerprint density at radius 2 is 1.79 bits per heavy atom. The molecule has 0 spiro atoms. The quantitative estimate of drug-likeness (QED) is 0.798. The number of halogens is 3. The van der Waals surface area contributed by atoms with Crippen LogP contribution in [0.25, 0.3) is 10.9 Å². The summed E-state index contributed by atoms with van der Waals surface area (Å²) in [5.74, 6) is -2.73. The number of carbonyl (C=O) groups is 1. The zero-order valence-corrected chi connectivity index (χ0v) is 12.0. The number of carbonyl (C=O) groups excluding carboxylic acids is 1. The predicted molar refractivity (Wildman–Crippen MR) is 78.6 cm³/mol. The number of hydrogen-bond donors (Lipinski definition) is 1. The van der Waals surface area contributed by atoms with Crippen LogP contribution in [-0.2, 0) is 6.18 Å². The minimum absolute atomic E-state index is 0.0663. The summed E-state index contributed by atoms with van der Waals surface area (Å²) in [7, 11) is 0. The lowest BCUT2D eigenvalue weighted by molar-refractivity contribution is -0.255. The van der Waals surface area contributed by atoms with Gasteiger partial charge in [-0.1, -0.05) is 24.3 Å². The van der Waals surface area contributed by atoms with Gasteiger partial charge in [-0.25, -0.2) is 9.97 Å². The maximum absolute atomic E-state index is 13.0. The van der Waals surface area contributed by atoms with Gasteiger partial charge in [-0.15, -0.1) is 0 Å². The molecule has 0 bridgehead atoms. The molecule has 122 valence electrons. The fourth-order valence-electron chi connectivity index (χ4n) is 2.16. The van der Waals surface area contributed by atoms with Gasteiger partial charge in [-0.05, 0) is 29.8 Å². The van der Waals surface area contributed by atoms with Crippen molar-refractivity contribution in [2.75, 3.05) is 5.32 Å². The van der Waals surface area contributed by atoms with E-state index in [-0.39, 0.29) is 22.6 Å². The first-order valence-electron chi connectivity index (χ1n) is 6.77. The molecule has 1 aromatic heterocycles. The van der Waals surface area contributed by atoms with Crippen molar-refractivity contribution in [1.82, 2.24) is 9.97 Å². The van der Waals surface area contributed by atoms with E-state index >= 15 is 0 Å². The van der Waals surface area contributed by atoms with E-state index < -0.39 is 18.0 Å². The minimum atomic E-state index is -4.70. The molecule has 8 heteroatoms. The number of hydrogen-bond acceptors (Lipinski definition) is 5. The van der Waals surface area contributed by atoms with Crippen LogP contribution in [0.5, 0.6) is 0 Å². The van der Waals surface area contributed by atoms with Crippen molar-refractivity contribution in [2.24, 2.45) is 0 Å². The zero-order valence-electron chi connectivity index (χ0n) is 12.0. The third kappa shape index (κ3) is 3.12. The van der Waals surface area contributed by atoms with E-state index in [1.165, 1.54) is 30.3 Å². The molecule has 24 heavy (non-hydrogen) atoms. The van der Waals surface area contributed by atoms with Crippen LogP contribution < -0.4 is 10.4 Å². The second-order valence-corrected chi connectivity index (χ2v) is 4.90. The van der Waals surface area contributed by atoms with Crippen LogP contribution in [0, 0.1) is 0 Å². The molecule has 2 aromatic carbocycles. The number of alkyl halides is 3. The Morgan fingerprint density at radius 3 is 2.50 bits per heavy atom. The number of anilines is 2. The highest BCUT2D eigenvalue weighted by atomic mass is 19.4. The predicted octanol–water partition coefficient (Wildman–Crippen LogP) is 2.76. The standard InChI is InChI=1S/C16H10F3N3O2/c17-16(18,19)15-21-12-7-2-1-6-11(12)13(22-15)20-10-5-3-4-9(8-10)14(23)24/h1-8H,(H,23,24)(H,20,21,22)/p-1. The monoisotopic (exact) mass is 332 g/mol. The van der Waals surface area contributed by atoms with E-state index in [4.69, 9.17) is 0 Å². The van der Waals surface area contributed by atoms with Crippen LogP contribution >= 0.6 is 0 Å². The number of aromatic nitrogens is 2. The highest BCUT2D eigenvalue weighted by Crippen LogP contribution is 2.31. The molecule has 0 unspecified atom stereocenters. The van der Waals surface area contributed by atoms with E-state index in [1.54, 1.807) is 18.2 Å². The van der Waals surface area contributed by atoms with Crippen molar-refractivity contribution in [2.45, 2.75) is 6.18 Å². The van der Waals surface area contributed by atoms with Crippen LogP contribution in [0.15, 0.2) is 48.5 Å². The lowest BCUT2D eigenvalue weighted by Gasteiger charge is -2.13. The summed E-state index contributed by atoms with van der Waals surface area (Å²) in [6.45, 7) is 0. The van der Waals surface area contributed by atoms with E-state index in [0.717, 1.165) is 0 Å². The van der Waals surface area contributed by atoms with E-state index in [9.17, 15) is 23.1 Å². The number of aromatic carboxylic acids is 1. The van der Waals surface area contributed by atoms with Crippen LogP contribution in [0.2, 0.25) is 0 Å². The number of nitrogens with one attached hydrogen (secondary N) is 1. The Morgan fingerprint density at radius 1 is 1.04 bits per heavy atom. The van der Waals surface area contributed by atoms with Gasteiger partial charge in [0.25, 0.3) is 0 Å². The van der Waals surface area contributed by atoms with Crippen molar-refractivity contribution in [1.29, 1.82) is 0 Å². The van der Waals surface area contributed by atoms with Gasteiger partial charge in [-0.3, -0.25) is 0 Å². The summed E-state index contributed by atoms with van der Waals surface area (Å²) < 4.78 is 38.9. The molecule has 0 aliphatic heterocycles. The Bertz CT molecular complexity index is 926. The van der Waals surface area contributed by atoms with Crippen LogP contribution in [-0.4, -0.2) is 15.9 Å². The normalized spacial score (nSPS) is 11.5. The number of fused-ring (bicyclic) bond motifs is 1. The molecule has 0 atom stereocenters. The molecule has 0 radical (unpaired) electrons. The maximum atomic E-state index is 13.0. The maximum Gasteiger partial charge on any atom is 0.451 e. The molecule has 5 nitrogen and oxygen atoms in total. The second kappa shape index (κ2) is 5.80. The fraction of sp³-hybridized carbons (Fsp3) is 0.0625. The van der Waals surface area contributed by atoms with Gasteiger partial charge >= 0.3 is 6.18 Å². The van der Waals surface area contributed by atoms with Gasteiger partial charge in [0.1, 0.15) is 5.82 Å². The summed E-state index contributed by atoms with van der Waals surface area (Å²) in [5, 5.41) is 14.0. The highest BCUT2D eigenvalue weighted by molar-refractivity contribution is 5.92. The minimum Gasteiger partial charge on any atom is -0.545 e. The molecule has 3 rings (SSSR count). The van der Waals surface area contributed by atoms with Gasteiger partial charge in [0, 0.05) is 11.1 Å². The fourth-order valence-corrected chi connectivity index (χ4v) is 2.16. The second-order valence-electron chi connectivity index (χ2n) is 4.90. The lowest BCUT2D eigenvalue weighted by atomic mass is 10.2. The van der Waals surface area contributed by atoms with Gasteiger partial charge in [0.05, 0.1) is 11.5 Å². The van der Waals surface area contributed by atoms with Crippen molar-refractivity contribution >= 4 is 28.4 Å². The van der Waals surface area contributed by atoms with E-state index in [0.29, 0.717) is 5.39 Å².